The van der Waals surface area contributed by atoms with Gasteiger partial charge in [0.2, 0.25) is 0 Å². The third kappa shape index (κ3) is 2.50. The van der Waals surface area contributed by atoms with E-state index in [1.54, 1.807) is 0 Å². The molecule has 2 amide bonds. The number of hydrogen-bond donors (Lipinski definition) is 2. The SMILES string of the molecule is Cc1cc(CCN(O)C(N)=O)c(C)o1. The van der Waals surface area contributed by atoms with E-state index in [4.69, 9.17) is 15.4 Å². The number of rotatable bonds is 3. The van der Waals surface area contributed by atoms with E-state index in [1.807, 2.05) is 19.9 Å². The second-order valence-electron chi connectivity index (χ2n) is 3.15. The summed E-state index contributed by atoms with van der Waals surface area (Å²) in [6.45, 7) is 3.87. The van der Waals surface area contributed by atoms with Crippen LogP contribution in [-0.2, 0) is 6.42 Å². The van der Waals surface area contributed by atoms with Crippen molar-refractivity contribution in [3.8, 4) is 0 Å². The molecule has 0 aliphatic rings. The summed E-state index contributed by atoms with van der Waals surface area (Å²) in [5.74, 6) is 1.63. The minimum absolute atomic E-state index is 0.176. The van der Waals surface area contributed by atoms with Crippen molar-refractivity contribution in [2.45, 2.75) is 20.3 Å². The van der Waals surface area contributed by atoms with Crippen LogP contribution in [0.5, 0.6) is 0 Å². The number of carbonyl (C=O) groups is 1. The van der Waals surface area contributed by atoms with E-state index in [0.717, 1.165) is 17.1 Å². The quantitative estimate of drug-likeness (QED) is 0.565. The lowest BCUT2D eigenvalue weighted by Gasteiger charge is -2.10. The molecule has 3 N–H and O–H groups in total. The van der Waals surface area contributed by atoms with Crippen LogP contribution in [0, 0.1) is 13.8 Å². The lowest BCUT2D eigenvalue weighted by Crippen LogP contribution is -2.34. The van der Waals surface area contributed by atoms with E-state index in [2.05, 4.69) is 0 Å². The third-order valence-electron chi connectivity index (χ3n) is 1.99. The number of nitrogens with zero attached hydrogens (tertiary/aromatic N) is 1. The molecule has 1 rings (SSSR count). The number of carbonyl (C=O) groups excluding carboxylic acids is 1. The molecule has 0 atom stereocenters. The Morgan fingerprint density at radius 1 is 1.64 bits per heavy atom. The topological polar surface area (TPSA) is 79.7 Å². The van der Waals surface area contributed by atoms with Crippen LogP contribution in [0.25, 0.3) is 0 Å². The first-order chi connectivity index (χ1) is 6.50. The first-order valence-corrected chi connectivity index (χ1v) is 4.32. The summed E-state index contributed by atoms with van der Waals surface area (Å²) >= 11 is 0. The summed E-state index contributed by atoms with van der Waals surface area (Å²) < 4.78 is 5.29. The van der Waals surface area contributed by atoms with E-state index >= 15 is 0 Å². The Morgan fingerprint density at radius 2 is 2.29 bits per heavy atom. The molecule has 0 aliphatic carbocycles. The van der Waals surface area contributed by atoms with Crippen molar-refractivity contribution >= 4 is 6.03 Å². The van der Waals surface area contributed by atoms with Gasteiger partial charge in [0, 0.05) is 0 Å². The standard InChI is InChI=1S/C9H14N2O3/c1-6-5-8(7(2)14-6)3-4-11(13)9(10)12/h5,13H,3-4H2,1-2H3,(H2,10,12). The number of urea groups is 1. The molecular weight excluding hydrogens is 184 g/mol. The molecule has 0 spiro atoms. The highest BCUT2D eigenvalue weighted by Gasteiger charge is 2.09. The van der Waals surface area contributed by atoms with Gasteiger partial charge in [0.15, 0.2) is 0 Å². The molecule has 0 unspecified atom stereocenters. The summed E-state index contributed by atoms with van der Waals surface area (Å²) in [6.07, 6.45) is 0.530. The molecule has 0 aromatic carbocycles. The van der Waals surface area contributed by atoms with Crippen LogP contribution < -0.4 is 5.73 Å². The fourth-order valence-electron chi connectivity index (χ4n) is 1.27. The first kappa shape index (κ1) is 10.6. The molecule has 0 saturated carbocycles. The summed E-state index contributed by atoms with van der Waals surface area (Å²) in [5, 5.41) is 9.50. The smallest absolute Gasteiger partial charge is 0.338 e. The normalized spacial score (nSPS) is 10.2. The maximum atomic E-state index is 10.5. The zero-order valence-electron chi connectivity index (χ0n) is 8.28. The van der Waals surface area contributed by atoms with E-state index in [-0.39, 0.29) is 6.54 Å². The Balaban J connectivity index is 2.53. The summed E-state index contributed by atoms with van der Waals surface area (Å²) in [5.41, 5.74) is 5.83. The van der Waals surface area contributed by atoms with Gasteiger partial charge in [-0.2, -0.15) is 0 Å². The zero-order valence-corrected chi connectivity index (χ0v) is 8.28. The van der Waals surface area contributed by atoms with Crippen LogP contribution in [0.3, 0.4) is 0 Å². The Labute approximate surface area is 82.1 Å². The van der Waals surface area contributed by atoms with Gasteiger partial charge in [0.1, 0.15) is 11.5 Å². The van der Waals surface area contributed by atoms with Crippen LogP contribution in [0.2, 0.25) is 0 Å². The number of nitrogens with two attached hydrogens (primary N) is 1. The van der Waals surface area contributed by atoms with E-state index in [1.165, 1.54) is 0 Å². The molecule has 0 saturated heterocycles. The lowest BCUT2D eigenvalue weighted by molar-refractivity contribution is -0.0382. The summed E-state index contributed by atoms with van der Waals surface area (Å²) in [6, 6.07) is 1.03. The van der Waals surface area contributed by atoms with Crippen LogP contribution in [-0.4, -0.2) is 22.8 Å². The summed E-state index contributed by atoms with van der Waals surface area (Å²) in [4.78, 5) is 10.5. The molecule has 1 aromatic heterocycles. The van der Waals surface area contributed by atoms with Gasteiger partial charge in [0.05, 0.1) is 6.54 Å². The largest absolute Gasteiger partial charge is 0.466 e. The average Bonchev–Trinajstić information content (AvgIpc) is 2.40. The van der Waals surface area contributed by atoms with Gasteiger partial charge in [-0.05, 0) is 31.9 Å². The molecule has 78 valence electrons. The third-order valence-corrected chi connectivity index (χ3v) is 1.99. The predicted octanol–water partition coefficient (Wildman–Crippen LogP) is 1.21. The molecule has 1 aromatic rings. The summed E-state index contributed by atoms with van der Waals surface area (Å²) in [7, 11) is 0. The van der Waals surface area contributed by atoms with Crippen LogP contribution in [0.4, 0.5) is 4.79 Å². The lowest BCUT2D eigenvalue weighted by atomic mass is 10.2. The highest BCUT2D eigenvalue weighted by molar-refractivity contribution is 5.70. The number of hydrogen-bond acceptors (Lipinski definition) is 3. The van der Waals surface area contributed by atoms with Crippen LogP contribution in [0.15, 0.2) is 10.5 Å². The molecule has 1 heterocycles. The van der Waals surface area contributed by atoms with Gasteiger partial charge in [-0.15, -0.1) is 0 Å². The van der Waals surface area contributed by atoms with Gasteiger partial charge in [-0.3, -0.25) is 5.21 Å². The Hall–Kier alpha value is -1.49. The van der Waals surface area contributed by atoms with Gasteiger partial charge in [-0.1, -0.05) is 0 Å². The Kier molecular flexibility index (Phi) is 3.14. The number of furan rings is 1. The second kappa shape index (κ2) is 4.15. The monoisotopic (exact) mass is 198 g/mol. The molecular formula is C9H14N2O3. The van der Waals surface area contributed by atoms with Crippen LogP contribution in [0.1, 0.15) is 17.1 Å². The van der Waals surface area contributed by atoms with Crippen molar-refractivity contribution in [3.63, 3.8) is 0 Å². The van der Waals surface area contributed by atoms with Crippen molar-refractivity contribution in [2.24, 2.45) is 5.73 Å². The van der Waals surface area contributed by atoms with Gasteiger partial charge in [0.25, 0.3) is 0 Å². The van der Waals surface area contributed by atoms with Crippen molar-refractivity contribution in [3.05, 3.63) is 23.2 Å². The number of primary amides is 1. The van der Waals surface area contributed by atoms with E-state index in [9.17, 15) is 4.79 Å². The fourth-order valence-corrected chi connectivity index (χ4v) is 1.27. The molecule has 0 aliphatic heterocycles. The minimum atomic E-state index is -0.845. The predicted molar refractivity (Wildman–Crippen MR) is 50.0 cm³/mol. The minimum Gasteiger partial charge on any atom is -0.466 e. The Morgan fingerprint density at radius 3 is 2.71 bits per heavy atom. The van der Waals surface area contributed by atoms with Crippen molar-refractivity contribution in [1.82, 2.24) is 5.06 Å². The van der Waals surface area contributed by atoms with Crippen LogP contribution >= 0.6 is 0 Å². The van der Waals surface area contributed by atoms with Gasteiger partial charge >= 0.3 is 6.03 Å². The molecule has 5 heteroatoms. The maximum absolute atomic E-state index is 10.5. The zero-order chi connectivity index (χ0) is 10.7. The molecule has 5 nitrogen and oxygen atoms in total. The molecule has 0 radical (unpaired) electrons. The maximum Gasteiger partial charge on any atom is 0.338 e. The number of amides is 2. The van der Waals surface area contributed by atoms with Crippen molar-refractivity contribution < 1.29 is 14.4 Å². The van der Waals surface area contributed by atoms with Crippen molar-refractivity contribution in [2.75, 3.05) is 6.54 Å². The number of hydroxylamine groups is 2. The second-order valence-corrected chi connectivity index (χ2v) is 3.15. The average molecular weight is 198 g/mol. The molecule has 14 heavy (non-hydrogen) atoms. The highest BCUT2D eigenvalue weighted by Crippen LogP contribution is 2.14. The highest BCUT2D eigenvalue weighted by atomic mass is 16.5. The Bertz CT molecular complexity index is 333. The van der Waals surface area contributed by atoms with E-state index < -0.39 is 6.03 Å². The van der Waals surface area contributed by atoms with Gasteiger partial charge < -0.3 is 10.2 Å². The fraction of sp³-hybridized carbons (Fsp3) is 0.444. The first-order valence-electron chi connectivity index (χ1n) is 4.32. The van der Waals surface area contributed by atoms with Gasteiger partial charge in [-0.25, -0.2) is 9.86 Å². The number of aryl methyl sites for hydroxylation is 2. The molecule has 0 fully saturated rings. The molecule has 0 bridgehead atoms. The van der Waals surface area contributed by atoms with E-state index in [0.29, 0.717) is 11.5 Å². The van der Waals surface area contributed by atoms with Crippen molar-refractivity contribution in [1.29, 1.82) is 0 Å².